The van der Waals surface area contributed by atoms with E-state index in [1.54, 1.807) is 38.5 Å². The molecule has 35 heavy (non-hydrogen) atoms. The Kier molecular flexibility index (Phi) is 5.70. The van der Waals surface area contributed by atoms with Crippen molar-refractivity contribution in [3.8, 4) is 23.6 Å². The molecular weight excluding hydrogens is 555 g/mol. The monoisotopic (exact) mass is 574 g/mol. The van der Waals surface area contributed by atoms with Gasteiger partial charge in [0, 0.05) is 46.4 Å². The predicted octanol–water partition coefficient (Wildman–Crippen LogP) is 2.99. The lowest BCUT2D eigenvalue weighted by atomic mass is 9.84. The molecule has 5 rings (SSSR count). The second-order valence-corrected chi connectivity index (χ2v) is 9.31. The number of pyridine rings is 3. The molecule has 1 N–H and O–H groups in total. The van der Waals surface area contributed by atoms with Gasteiger partial charge in [-0.2, -0.15) is 0 Å². The van der Waals surface area contributed by atoms with Gasteiger partial charge in [-0.25, -0.2) is 14.6 Å². The Morgan fingerprint density at radius 2 is 1.83 bits per heavy atom. The van der Waals surface area contributed by atoms with Crippen molar-refractivity contribution in [2.24, 2.45) is 14.1 Å². The largest absolute Gasteiger partial charge is 0.374 e. The number of aromatic nitrogens is 6. The number of rotatable bonds is 4. The molecule has 0 unspecified atom stereocenters. The van der Waals surface area contributed by atoms with E-state index in [9.17, 15) is 9.90 Å². The third kappa shape index (κ3) is 3.80. The minimum atomic E-state index is -1.61. The molecule has 0 fully saturated rings. The van der Waals surface area contributed by atoms with E-state index in [2.05, 4.69) is 48.8 Å². The summed E-state index contributed by atoms with van der Waals surface area (Å²) in [6.07, 6.45) is 8.65. The molecule has 0 radical (unpaired) electrons. The smallest absolute Gasteiger partial charge is 0.252 e. The van der Waals surface area contributed by atoms with Crippen LogP contribution in [-0.2, 0) is 19.7 Å². The number of hydrogen-bond donors (Lipinski definition) is 1. The fourth-order valence-electron chi connectivity index (χ4n) is 4.17. The van der Waals surface area contributed by atoms with Gasteiger partial charge in [-0.1, -0.05) is 29.3 Å². The minimum absolute atomic E-state index is 0.232. The van der Waals surface area contributed by atoms with Crippen molar-refractivity contribution in [2.45, 2.75) is 5.60 Å². The van der Waals surface area contributed by atoms with Crippen molar-refractivity contribution in [1.29, 1.82) is 0 Å². The summed E-state index contributed by atoms with van der Waals surface area (Å²) in [6.45, 7) is 0. The first-order valence-electron chi connectivity index (χ1n) is 10.6. The zero-order valence-corrected chi connectivity index (χ0v) is 21.0. The lowest BCUT2D eigenvalue weighted by molar-refractivity contribution is 0.116. The highest BCUT2D eigenvalue weighted by molar-refractivity contribution is 14.1. The van der Waals surface area contributed by atoms with Gasteiger partial charge in [0.1, 0.15) is 11.3 Å². The average Bonchev–Trinajstić information content (AvgIpc) is 3.32. The highest BCUT2D eigenvalue weighted by Gasteiger charge is 2.38. The molecular formula is C26H19IN6O2. The van der Waals surface area contributed by atoms with E-state index >= 15 is 0 Å². The average molecular weight is 574 g/mol. The molecule has 5 aromatic rings. The highest BCUT2D eigenvalue weighted by Crippen LogP contribution is 2.38. The summed E-state index contributed by atoms with van der Waals surface area (Å²) < 4.78 is 4.02. The molecule has 0 bridgehead atoms. The Balaban J connectivity index is 1.84. The van der Waals surface area contributed by atoms with Crippen LogP contribution in [0.5, 0.6) is 0 Å². The zero-order valence-electron chi connectivity index (χ0n) is 18.8. The van der Waals surface area contributed by atoms with Gasteiger partial charge in [0.2, 0.25) is 0 Å². The van der Waals surface area contributed by atoms with Crippen molar-refractivity contribution in [3.05, 3.63) is 103 Å². The lowest BCUT2D eigenvalue weighted by Gasteiger charge is -2.29. The lowest BCUT2D eigenvalue weighted by Crippen LogP contribution is -2.32. The zero-order chi connectivity index (χ0) is 24.7. The molecule has 0 aliphatic rings. The van der Waals surface area contributed by atoms with Gasteiger partial charge in [0.05, 0.1) is 17.6 Å². The normalized spacial score (nSPS) is 12.9. The van der Waals surface area contributed by atoms with Gasteiger partial charge in [0.25, 0.3) is 5.56 Å². The van der Waals surface area contributed by atoms with Crippen molar-refractivity contribution < 1.29 is 5.11 Å². The van der Waals surface area contributed by atoms with E-state index in [-0.39, 0.29) is 5.56 Å². The van der Waals surface area contributed by atoms with Gasteiger partial charge in [-0.05, 0) is 58.5 Å². The summed E-state index contributed by atoms with van der Waals surface area (Å²) in [4.78, 5) is 21.8. The number of aliphatic hydroxyl groups is 1. The van der Waals surface area contributed by atoms with Crippen LogP contribution in [0.15, 0.2) is 71.8 Å². The number of nitrogens with zero attached hydrogens (tertiary/aromatic N) is 6. The predicted molar refractivity (Wildman–Crippen MR) is 140 cm³/mol. The van der Waals surface area contributed by atoms with E-state index in [4.69, 9.17) is 6.42 Å². The van der Waals surface area contributed by atoms with Gasteiger partial charge in [-0.3, -0.25) is 9.36 Å². The third-order valence-electron chi connectivity index (χ3n) is 6.01. The molecule has 0 amide bonds. The Labute approximate surface area is 214 Å². The summed E-state index contributed by atoms with van der Waals surface area (Å²) >= 11 is 2.22. The fraction of sp³-hybridized carbons (Fsp3) is 0.115. The van der Waals surface area contributed by atoms with Crippen LogP contribution in [0.2, 0.25) is 0 Å². The molecule has 1 aromatic carbocycles. The van der Waals surface area contributed by atoms with Crippen molar-refractivity contribution >= 4 is 33.6 Å². The van der Waals surface area contributed by atoms with Crippen molar-refractivity contribution in [1.82, 2.24) is 29.5 Å². The molecule has 9 heteroatoms. The number of terminal acetylenes is 1. The Hall–Kier alpha value is -3.88. The van der Waals surface area contributed by atoms with E-state index in [1.807, 2.05) is 30.3 Å². The number of aryl methyl sites for hydroxylation is 2. The molecule has 1 atom stereocenters. The summed E-state index contributed by atoms with van der Waals surface area (Å²) in [5.41, 5.74) is 1.78. The SMILES string of the molecule is C#Cc1cccc(-c2cc(=O)n(C)c3ncc([C@](O)(c4ccc(I)cc4)c4cnnn4C)cc23)n1. The minimum Gasteiger partial charge on any atom is -0.374 e. The maximum atomic E-state index is 12.7. The van der Waals surface area contributed by atoms with E-state index in [0.29, 0.717) is 44.8 Å². The summed E-state index contributed by atoms with van der Waals surface area (Å²) in [5, 5.41) is 20.9. The van der Waals surface area contributed by atoms with Gasteiger partial charge in [-0.15, -0.1) is 11.5 Å². The molecule has 0 spiro atoms. The summed E-state index contributed by atoms with van der Waals surface area (Å²) in [6, 6.07) is 16.2. The number of benzene rings is 1. The molecule has 0 aliphatic carbocycles. The van der Waals surface area contributed by atoms with Crippen LogP contribution in [0.4, 0.5) is 0 Å². The first kappa shape index (κ1) is 22.9. The van der Waals surface area contributed by atoms with E-state index in [1.165, 1.54) is 21.5 Å². The molecule has 172 valence electrons. The Morgan fingerprint density at radius 3 is 2.51 bits per heavy atom. The van der Waals surface area contributed by atoms with Crippen LogP contribution in [0.25, 0.3) is 22.3 Å². The van der Waals surface area contributed by atoms with Crippen molar-refractivity contribution in [3.63, 3.8) is 0 Å². The molecule has 4 heterocycles. The van der Waals surface area contributed by atoms with Crippen LogP contribution >= 0.6 is 22.6 Å². The van der Waals surface area contributed by atoms with Crippen LogP contribution < -0.4 is 5.56 Å². The fourth-order valence-corrected chi connectivity index (χ4v) is 4.53. The van der Waals surface area contributed by atoms with E-state index in [0.717, 1.165) is 3.57 Å². The van der Waals surface area contributed by atoms with Crippen LogP contribution in [0.1, 0.15) is 22.5 Å². The first-order chi connectivity index (χ1) is 16.8. The number of fused-ring (bicyclic) bond motifs is 1. The molecule has 0 saturated carbocycles. The molecule has 0 saturated heterocycles. The summed E-state index contributed by atoms with van der Waals surface area (Å²) in [7, 11) is 3.38. The summed E-state index contributed by atoms with van der Waals surface area (Å²) in [5.74, 6) is 2.53. The number of hydrogen-bond acceptors (Lipinski definition) is 6. The Bertz CT molecular complexity index is 1680. The van der Waals surface area contributed by atoms with Crippen molar-refractivity contribution in [2.75, 3.05) is 0 Å². The maximum absolute atomic E-state index is 12.7. The molecule has 8 nitrogen and oxygen atoms in total. The maximum Gasteiger partial charge on any atom is 0.252 e. The number of halogens is 1. The van der Waals surface area contributed by atoms with Crippen LogP contribution in [0.3, 0.4) is 0 Å². The van der Waals surface area contributed by atoms with Gasteiger partial charge < -0.3 is 5.11 Å². The Morgan fingerprint density at radius 1 is 1.06 bits per heavy atom. The highest BCUT2D eigenvalue weighted by atomic mass is 127. The van der Waals surface area contributed by atoms with E-state index < -0.39 is 5.60 Å². The molecule has 4 aromatic heterocycles. The first-order valence-corrected chi connectivity index (χ1v) is 11.7. The van der Waals surface area contributed by atoms with Crippen LogP contribution in [0, 0.1) is 15.9 Å². The quantitative estimate of drug-likeness (QED) is 0.262. The third-order valence-corrected chi connectivity index (χ3v) is 6.73. The second-order valence-electron chi connectivity index (χ2n) is 8.06. The standard InChI is InChI=1S/C26H19IN6O2/c1-4-19-6-5-7-22(30-19)20-13-24(34)32(2)25-21(20)12-17(14-28-25)26(35,23-15-29-31-33(23)3)16-8-10-18(27)11-9-16/h1,5-15,35H,2-3H3/t26-/m1/s1. The topological polar surface area (TPSA) is 98.7 Å². The second kappa shape index (κ2) is 8.72. The van der Waals surface area contributed by atoms with Crippen LogP contribution in [-0.4, -0.2) is 34.6 Å². The van der Waals surface area contributed by atoms with Gasteiger partial charge in [0.15, 0.2) is 5.60 Å². The molecule has 0 aliphatic heterocycles. The van der Waals surface area contributed by atoms with Gasteiger partial charge >= 0.3 is 0 Å².